The molecule has 100 valence electrons. The molecule has 1 aliphatic heterocycles. The van der Waals surface area contributed by atoms with Gasteiger partial charge in [0.15, 0.2) is 0 Å². The summed E-state index contributed by atoms with van der Waals surface area (Å²) in [6.45, 7) is 1.11. The fraction of sp³-hybridized carbons (Fsp3) is 0.500. The van der Waals surface area contributed by atoms with Crippen molar-refractivity contribution in [2.75, 3.05) is 13.2 Å². The van der Waals surface area contributed by atoms with Crippen molar-refractivity contribution in [2.24, 2.45) is 12.2 Å². The number of amides is 1. The summed E-state index contributed by atoms with van der Waals surface area (Å²) < 4.78 is 28.9. The number of sulfonamides is 1. The molecule has 7 nitrogen and oxygen atoms in total. The molecule has 8 heteroatoms. The van der Waals surface area contributed by atoms with Crippen LogP contribution in [-0.4, -0.2) is 38.1 Å². The maximum atomic E-state index is 11.9. The Bertz CT molecular complexity index is 558. The third-order valence-electron chi connectivity index (χ3n) is 2.81. The zero-order valence-corrected chi connectivity index (χ0v) is 10.7. The van der Waals surface area contributed by atoms with Crippen LogP contribution in [0.1, 0.15) is 16.9 Å². The second-order valence-corrected chi connectivity index (χ2v) is 5.81. The molecule has 18 heavy (non-hydrogen) atoms. The Morgan fingerprint density at radius 2 is 2.33 bits per heavy atom. The van der Waals surface area contributed by atoms with Gasteiger partial charge in [-0.05, 0) is 12.5 Å². The van der Waals surface area contributed by atoms with E-state index >= 15 is 0 Å². The van der Waals surface area contributed by atoms with Gasteiger partial charge in [-0.25, -0.2) is 13.6 Å². The number of aromatic nitrogens is 1. The van der Waals surface area contributed by atoms with Crippen molar-refractivity contribution in [1.82, 2.24) is 9.88 Å². The molecular weight excluding hydrogens is 258 g/mol. The van der Waals surface area contributed by atoms with E-state index in [0.717, 1.165) is 6.42 Å². The first kappa shape index (κ1) is 13.1. The number of carbonyl (C=O) groups is 1. The number of aryl methyl sites for hydroxylation is 1. The molecule has 3 N–H and O–H groups in total. The number of nitrogens with zero attached hydrogens (tertiary/aromatic N) is 1. The molecule has 2 rings (SSSR count). The molecule has 1 aromatic rings. The molecule has 1 aromatic heterocycles. The zero-order valence-electron chi connectivity index (χ0n) is 9.92. The van der Waals surface area contributed by atoms with Gasteiger partial charge in [0.2, 0.25) is 10.0 Å². The van der Waals surface area contributed by atoms with Crippen LogP contribution in [0.3, 0.4) is 0 Å². The predicted octanol–water partition coefficient (Wildman–Crippen LogP) is -0.809. The van der Waals surface area contributed by atoms with E-state index in [1.54, 1.807) is 7.05 Å². The van der Waals surface area contributed by atoms with Crippen molar-refractivity contribution in [1.29, 1.82) is 0 Å². The Kier molecular flexibility index (Phi) is 3.42. The monoisotopic (exact) mass is 273 g/mol. The van der Waals surface area contributed by atoms with Crippen LogP contribution in [0.4, 0.5) is 0 Å². The summed E-state index contributed by atoms with van der Waals surface area (Å²) in [4.78, 5) is 11.9. The molecular formula is C10H15N3O4S. The Morgan fingerprint density at radius 1 is 1.61 bits per heavy atom. The Balaban J connectivity index is 2.17. The lowest BCUT2D eigenvalue weighted by Crippen LogP contribution is -2.35. The first-order chi connectivity index (χ1) is 8.38. The number of primary sulfonamides is 1. The average Bonchev–Trinajstić information content (AvgIpc) is 2.85. The minimum atomic E-state index is -3.79. The van der Waals surface area contributed by atoms with E-state index in [1.807, 2.05) is 0 Å². The van der Waals surface area contributed by atoms with E-state index in [9.17, 15) is 13.2 Å². The van der Waals surface area contributed by atoms with Crippen LogP contribution >= 0.6 is 0 Å². The lowest BCUT2D eigenvalue weighted by molar-refractivity contribution is 0.0921. The summed E-state index contributed by atoms with van der Waals surface area (Å²) in [5.74, 6) is -0.331. The highest BCUT2D eigenvalue weighted by Gasteiger charge is 2.22. The lowest BCUT2D eigenvalue weighted by atomic mass is 10.2. The van der Waals surface area contributed by atoms with E-state index in [2.05, 4.69) is 5.32 Å². The summed E-state index contributed by atoms with van der Waals surface area (Å²) in [6, 6.07) is 1.24. The van der Waals surface area contributed by atoms with Crippen LogP contribution in [0.15, 0.2) is 17.2 Å². The maximum Gasteiger partial charge on any atom is 0.268 e. The minimum absolute atomic E-state index is 0.0228. The number of nitrogens with two attached hydrogens (primary N) is 1. The Morgan fingerprint density at radius 3 is 2.83 bits per heavy atom. The standard InChI is InChI=1S/C10H15N3O4S/c1-13-5-8(18(11,15)16)4-9(13)10(14)12-7-2-3-17-6-7/h4-5,7H,2-3,6H2,1H3,(H,12,14)(H2,11,15,16). The van der Waals surface area contributed by atoms with Gasteiger partial charge in [0.05, 0.1) is 12.6 Å². The van der Waals surface area contributed by atoms with Crippen LogP contribution in [0.25, 0.3) is 0 Å². The molecule has 1 fully saturated rings. The molecule has 1 atom stereocenters. The first-order valence-electron chi connectivity index (χ1n) is 5.45. The van der Waals surface area contributed by atoms with Gasteiger partial charge in [0.1, 0.15) is 10.6 Å². The van der Waals surface area contributed by atoms with Gasteiger partial charge in [0, 0.05) is 19.9 Å². The molecule has 0 saturated carbocycles. The topological polar surface area (TPSA) is 103 Å². The zero-order chi connectivity index (χ0) is 13.3. The fourth-order valence-corrected chi connectivity index (χ4v) is 2.40. The summed E-state index contributed by atoms with van der Waals surface area (Å²) in [5, 5.41) is 7.79. The predicted molar refractivity (Wildman–Crippen MR) is 63.5 cm³/mol. The smallest absolute Gasteiger partial charge is 0.268 e. The summed E-state index contributed by atoms with van der Waals surface area (Å²) in [6.07, 6.45) is 2.08. The van der Waals surface area contributed by atoms with Crippen LogP contribution in [0.5, 0.6) is 0 Å². The van der Waals surface area contributed by atoms with Crippen molar-refractivity contribution in [3.05, 3.63) is 18.0 Å². The number of nitrogens with one attached hydrogen (secondary N) is 1. The number of hydrogen-bond acceptors (Lipinski definition) is 4. The van der Waals surface area contributed by atoms with Crippen molar-refractivity contribution in [3.63, 3.8) is 0 Å². The summed E-state index contributed by atoms with van der Waals surface area (Å²) in [5.41, 5.74) is 0.255. The van der Waals surface area contributed by atoms with Crippen LogP contribution in [0.2, 0.25) is 0 Å². The minimum Gasteiger partial charge on any atom is -0.379 e. The SMILES string of the molecule is Cn1cc(S(N)(=O)=O)cc1C(=O)NC1CCOC1. The quantitative estimate of drug-likeness (QED) is 0.751. The molecule has 0 aromatic carbocycles. The highest BCUT2D eigenvalue weighted by molar-refractivity contribution is 7.89. The third-order valence-corrected chi connectivity index (χ3v) is 3.69. The van der Waals surface area contributed by atoms with Crippen LogP contribution < -0.4 is 10.5 Å². The fourth-order valence-electron chi connectivity index (χ4n) is 1.82. The van der Waals surface area contributed by atoms with Gasteiger partial charge in [-0.3, -0.25) is 4.79 Å². The highest BCUT2D eigenvalue weighted by Crippen LogP contribution is 2.12. The van der Waals surface area contributed by atoms with Crippen molar-refractivity contribution in [2.45, 2.75) is 17.4 Å². The number of carbonyl (C=O) groups excluding carboxylic acids is 1. The van der Waals surface area contributed by atoms with Gasteiger partial charge in [-0.2, -0.15) is 0 Å². The molecule has 0 radical (unpaired) electrons. The summed E-state index contributed by atoms with van der Waals surface area (Å²) in [7, 11) is -2.20. The van der Waals surface area contributed by atoms with E-state index in [0.29, 0.717) is 13.2 Å². The molecule has 2 heterocycles. The largest absolute Gasteiger partial charge is 0.379 e. The van der Waals surface area contributed by atoms with E-state index in [4.69, 9.17) is 9.88 Å². The molecule has 1 saturated heterocycles. The van der Waals surface area contributed by atoms with Crippen molar-refractivity contribution >= 4 is 15.9 Å². The highest BCUT2D eigenvalue weighted by atomic mass is 32.2. The molecule has 1 aliphatic rings. The average molecular weight is 273 g/mol. The van der Waals surface area contributed by atoms with E-state index < -0.39 is 10.0 Å². The molecule has 0 aliphatic carbocycles. The molecule has 0 spiro atoms. The van der Waals surface area contributed by atoms with Gasteiger partial charge in [-0.15, -0.1) is 0 Å². The van der Waals surface area contributed by atoms with E-state index in [-0.39, 0.29) is 22.5 Å². The second-order valence-electron chi connectivity index (χ2n) is 4.25. The molecule has 1 unspecified atom stereocenters. The van der Waals surface area contributed by atoms with E-state index in [1.165, 1.54) is 16.8 Å². The van der Waals surface area contributed by atoms with Crippen molar-refractivity contribution in [3.8, 4) is 0 Å². The number of ether oxygens (including phenoxy) is 1. The summed E-state index contributed by atoms with van der Waals surface area (Å²) >= 11 is 0. The second kappa shape index (κ2) is 4.71. The first-order valence-corrected chi connectivity index (χ1v) is 7.00. The number of rotatable bonds is 3. The molecule has 0 bridgehead atoms. The van der Waals surface area contributed by atoms with Gasteiger partial charge >= 0.3 is 0 Å². The number of hydrogen-bond donors (Lipinski definition) is 2. The Hall–Kier alpha value is -1.38. The van der Waals surface area contributed by atoms with Gasteiger partial charge < -0.3 is 14.6 Å². The van der Waals surface area contributed by atoms with Gasteiger partial charge in [-0.1, -0.05) is 0 Å². The van der Waals surface area contributed by atoms with Crippen molar-refractivity contribution < 1.29 is 17.9 Å². The maximum absolute atomic E-state index is 11.9. The van der Waals surface area contributed by atoms with Crippen LogP contribution in [-0.2, 0) is 21.8 Å². The van der Waals surface area contributed by atoms with Crippen LogP contribution in [0, 0.1) is 0 Å². The third kappa shape index (κ3) is 2.71. The normalized spacial score (nSPS) is 20.0. The lowest BCUT2D eigenvalue weighted by Gasteiger charge is -2.10. The Labute approximate surface area is 105 Å². The van der Waals surface area contributed by atoms with Gasteiger partial charge in [0.25, 0.3) is 5.91 Å². The molecule has 1 amide bonds.